The molecule has 78 valence electrons. The van der Waals surface area contributed by atoms with Crippen LogP contribution >= 0.6 is 12.6 Å². The van der Waals surface area contributed by atoms with Crippen molar-refractivity contribution in [3.63, 3.8) is 0 Å². The van der Waals surface area contributed by atoms with E-state index in [4.69, 9.17) is 4.55 Å². The van der Waals surface area contributed by atoms with Gasteiger partial charge in [-0.2, -0.15) is 8.42 Å². The van der Waals surface area contributed by atoms with E-state index in [1.807, 2.05) is 0 Å². The van der Waals surface area contributed by atoms with E-state index in [9.17, 15) is 8.42 Å². The Morgan fingerprint density at radius 1 is 1.27 bits per heavy atom. The van der Waals surface area contributed by atoms with Gasteiger partial charge in [-0.3, -0.25) is 9.54 Å². The van der Waals surface area contributed by atoms with Gasteiger partial charge in [-0.1, -0.05) is 6.07 Å². The summed E-state index contributed by atoms with van der Waals surface area (Å²) in [5, 5.41) is 0.593. The van der Waals surface area contributed by atoms with Crippen LogP contribution in [0.1, 0.15) is 0 Å². The highest BCUT2D eigenvalue weighted by molar-refractivity contribution is 7.86. The van der Waals surface area contributed by atoms with Crippen molar-refractivity contribution in [3.8, 4) is 0 Å². The molecule has 1 aromatic heterocycles. The first-order valence-corrected chi connectivity index (χ1v) is 5.93. The molecule has 0 spiro atoms. The molecule has 4 nitrogen and oxygen atoms in total. The van der Waals surface area contributed by atoms with Gasteiger partial charge >= 0.3 is 0 Å². The topological polar surface area (TPSA) is 67.3 Å². The molecule has 0 aliphatic rings. The van der Waals surface area contributed by atoms with E-state index in [2.05, 4.69) is 17.6 Å². The van der Waals surface area contributed by atoms with Gasteiger partial charge in [0, 0.05) is 16.5 Å². The number of fused-ring (bicyclic) bond motifs is 1. The lowest BCUT2D eigenvalue weighted by Gasteiger charge is -2.04. The zero-order valence-corrected chi connectivity index (χ0v) is 9.16. The first-order valence-electron chi connectivity index (χ1n) is 4.04. The fraction of sp³-hybridized carbons (Fsp3) is 0. The van der Waals surface area contributed by atoms with Crippen molar-refractivity contribution in [1.29, 1.82) is 0 Å². The van der Waals surface area contributed by atoms with E-state index in [-0.39, 0.29) is 10.4 Å². The smallest absolute Gasteiger partial charge is 0.282 e. The normalized spacial score (nSPS) is 11.9. The molecule has 1 N–H and O–H groups in total. The highest BCUT2D eigenvalue weighted by atomic mass is 32.2. The van der Waals surface area contributed by atoms with Crippen molar-refractivity contribution >= 4 is 33.6 Å². The van der Waals surface area contributed by atoms with Crippen LogP contribution in [0.3, 0.4) is 0 Å². The van der Waals surface area contributed by atoms with Gasteiger partial charge in [0.2, 0.25) is 0 Å². The summed E-state index contributed by atoms with van der Waals surface area (Å²) in [6, 6.07) is 6.17. The minimum Gasteiger partial charge on any atom is -0.282 e. The van der Waals surface area contributed by atoms with E-state index >= 15 is 0 Å². The summed E-state index contributed by atoms with van der Waals surface area (Å²) in [7, 11) is -4.24. The van der Waals surface area contributed by atoms with Gasteiger partial charge in [0.25, 0.3) is 10.1 Å². The highest BCUT2D eigenvalue weighted by Gasteiger charge is 2.15. The van der Waals surface area contributed by atoms with Crippen molar-refractivity contribution in [3.05, 3.63) is 30.5 Å². The van der Waals surface area contributed by atoms with Gasteiger partial charge in [0.1, 0.15) is 4.90 Å². The quantitative estimate of drug-likeness (QED) is 0.590. The molecule has 0 atom stereocenters. The average molecular weight is 241 g/mol. The maximum atomic E-state index is 11.0. The van der Waals surface area contributed by atoms with Crippen molar-refractivity contribution in [2.45, 2.75) is 9.79 Å². The Morgan fingerprint density at radius 3 is 2.67 bits per heavy atom. The van der Waals surface area contributed by atoms with E-state index in [1.165, 1.54) is 18.3 Å². The molecule has 1 aromatic carbocycles. The Morgan fingerprint density at radius 2 is 2.00 bits per heavy atom. The molecule has 0 saturated carbocycles. The maximum Gasteiger partial charge on any atom is 0.296 e. The van der Waals surface area contributed by atoms with Crippen LogP contribution in [-0.2, 0) is 10.1 Å². The second-order valence-corrected chi connectivity index (χ2v) is 4.83. The molecule has 0 fully saturated rings. The molecule has 0 unspecified atom stereocenters. The van der Waals surface area contributed by atoms with Crippen molar-refractivity contribution in [1.82, 2.24) is 4.98 Å². The van der Waals surface area contributed by atoms with Crippen molar-refractivity contribution < 1.29 is 13.0 Å². The molecule has 15 heavy (non-hydrogen) atoms. The monoisotopic (exact) mass is 241 g/mol. The third kappa shape index (κ3) is 1.83. The third-order valence-corrected chi connectivity index (χ3v) is 3.26. The third-order valence-electron chi connectivity index (χ3n) is 1.99. The number of benzene rings is 1. The Bertz CT molecular complexity index is 622. The minimum atomic E-state index is -4.24. The largest absolute Gasteiger partial charge is 0.296 e. The highest BCUT2D eigenvalue weighted by Crippen LogP contribution is 2.25. The number of hydrogen-bond acceptors (Lipinski definition) is 4. The van der Waals surface area contributed by atoms with E-state index < -0.39 is 10.1 Å². The summed E-state index contributed by atoms with van der Waals surface area (Å²) in [6.45, 7) is 0. The molecule has 2 aromatic rings. The molecule has 0 amide bonds. The van der Waals surface area contributed by atoms with Crippen molar-refractivity contribution in [2.24, 2.45) is 0 Å². The predicted octanol–water partition coefficient (Wildman–Crippen LogP) is 1.77. The molecule has 6 heteroatoms. The fourth-order valence-electron chi connectivity index (χ4n) is 1.34. The Balaban J connectivity index is 2.96. The molecule has 0 saturated heterocycles. The van der Waals surface area contributed by atoms with Crippen molar-refractivity contribution in [2.75, 3.05) is 0 Å². The second-order valence-electron chi connectivity index (χ2n) is 2.96. The molecule has 0 aliphatic carbocycles. The van der Waals surface area contributed by atoms with Crippen LogP contribution in [0.2, 0.25) is 0 Å². The van der Waals surface area contributed by atoms with Gasteiger partial charge < -0.3 is 0 Å². The number of hydrogen-bond donors (Lipinski definition) is 2. The molecular weight excluding hydrogens is 234 g/mol. The van der Waals surface area contributed by atoms with Gasteiger partial charge in [-0.15, -0.1) is 12.6 Å². The number of thiol groups is 1. The van der Waals surface area contributed by atoms with Crippen LogP contribution in [0, 0.1) is 0 Å². The van der Waals surface area contributed by atoms with Gasteiger partial charge in [-0.05, 0) is 18.2 Å². The van der Waals surface area contributed by atoms with Crippen LogP contribution in [0.25, 0.3) is 10.9 Å². The Hall–Kier alpha value is -1.11. The lowest BCUT2D eigenvalue weighted by atomic mass is 10.2. The molecule has 1 heterocycles. The van der Waals surface area contributed by atoms with E-state index in [1.54, 1.807) is 12.1 Å². The maximum absolute atomic E-state index is 11.0. The lowest BCUT2D eigenvalue weighted by molar-refractivity contribution is 0.484. The molecule has 0 radical (unpaired) electrons. The minimum absolute atomic E-state index is 0.198. The van der Waals surface area contributed by atoms with Crippen LogP contribution in [0.5, 0.6) is 0 Å². The van der Waals surface area contributed by atoms with Crippen LogP contribution in [0.4, 0.5) is 0 Å². The molecule has 2 rings (SSSR count). The molecular formula is C9H7NO3S2. The predicted molar refractivity (Wildman–Crippen MR) is 58.8 cm³/mol. The van der Waals surface area contributed by atoms with Crippen LogP contribution in [0.15, 0.2) is 40.3 Å². The Labute approximate surface area is 92.1 Å². The number of rotatable bonds is 1. The second kappa shape index (κ2) is 3.48. The van der Waals surface area contributed by atoms with Gasteiger partial charge in [0.05, 0.1) is 5.52 Å². The van der Waals surface area contributed by atoms with Crippen LogP contribution in [-0.4, -0.2) is 18.0 Å². The summed E-state index contributed by atoms with van der Waals surface area (Å²) in [5.41, 5.74) is 0.229. The summed E-state index contributed by atoms with van der Waals surface area (Å²) >= 11 is 4.18. The summed E-state index contributed by atoms with van der Waals surface area (Å²) in [4.78, 5) is 4.34. The van der Waals surface area contributed by atoms with Gasteiger partial charge in [0.15, 0.2) is 0 Å². The lowest BCUT2D eigenvalue weighted by Crippen LogP contribution is -2.00. The standard InChI is InChI=1S/C9H7NO3S2/c11-15(12,13)8-4-3-7(14)6-2-1-5-10-9(6)8/h1-5,14H,(H,11,12,13). The first kappa shape index (κ1) is 10.4. The summed E-state index contributed by atoms with van der Waals surface area (Å²) in [6.07, 6.45) is 1.46. The first-order chi connectivity index (χ1) is 7.00. The van der Waals surface area contributed by atoms with Crippen LogP contribution < -0.4 is 0 Å². The fourth-order valence-corrected chi connectivity index (χ4v) is 2.24. The summed E-state index contributed by atoms with van der Waals surface area (Å²) in [5.74, 6) is 0. The zero-order valence-electron chi connectivity index (χ0n) is 7.45. The number of nitrogens with zero attached hydrogens (tertiary/aromatic N) is 1. The number of aromatic nitrogens is 1. The molecule has 0 aliphatic heterocycles. The summed E-state index contributed by atoms with van der Waals surface area (Å²) < 4.78 is 31.1. The molecule has 0 bridgehead atoms. The Kier molecular flexibility index (Phi) is 2.41. The van der Waals surface area contributed by atoms with Gasteiger partial charge in [-0.25, -0.2) is 0 Å². The van der Waals surface area contributed by atoms with E-state index in [0.717, 1.165) is 0 Å². The average Bonchev–Trinajstić information content (AvgIpc) is 2.17. The van der Waals surface area contributed by atoms with E-state index in [0.29, 0.717) is 10.3 Å². The number of pyridine rings is 1. The SMILES string of the molecule is O=S(=O)(O)c1ccc(S)c2cccnc12. The zero-order chi connectivity index (χ0) is 11.1.